The number of hydrogen-bond acceptors (Lipinski definition) is 4. The summed E-state index contributed by atoms with van der Waals surface area (Å²) in [7, 11) is 0. The Bertz CT molecular complexity index is 230. The van der Waals surface area contributed by atoms with Crippen molar-refractivity contribution in [2.75, 3.05) is 13.1 Å². The van der Waals surface area contributed by atoms with Gasteiger partial charge in [0, 0.05) is 13.1 Å². The Hall–Kier alpha value is -1.29. The average molecular weight is 153 g/mol. The lowest BCUT2D eigenvalue weighted by molar-refractivity contribution is -0.104. The predicted molar refractivity (Wildman–Crippen MR) is 42.4 cm³/mol. The van der Waals surface area contributed by atoms with Gasteiger partial charge in [-0.3, -0.25) is 4.79 Å². The van der Waals surface area contributed by atoms with Crippen LogP contribution in [0.25, 0.3) is 0 Å². The molecule has 0 spiro atoms. The van der Waals surface area contributed by atoms with Crippen LogP contribution in [-0.4, -0.2) is 19.4 Å². The summed E-state index contributed by atoms with van der Waals surface area (Å²) in [5.74, 6) is 0.428. The molecule has 1 rings (SSSR count). The van der Waals surface area contributed by atoms with E-state index < -0.39 is 0 Å². The van der Waals surface area contributed by atoms with Crippen LogP contribution in [0.1, 0.15) is 0 Å². The van der Waals surface area contributed by atoms with Crippen molar-refractivity contribution in [3.63, 3.8) is 0 Å². The van der Waals surface area contributed by atoms with Gasteiger partial charge in [-0.15, -0.1) is 0 Å². The molecule has 0 aliphatic carbocycles. The van der Waals surface area contributed by atoms with Crippen LogP contribution in [0.2, 0.25) is 0 Å². The second-order valence-corrected chi connectivity index (χ2v) is 2.35. The highest BCUT2D eigenvalue weighted by molar-refractivity contribution is 5.79. The lowest BCUT2D eigenvalue weighted by Crippen LogP contribution is -2.30. The van der Waals surface area contributed by atoms with Gasteiger partial charge in [0.15, 0.2) is 6.29 Å². The maximum Gasteiger partial charge on any atom is 0.153 e. The van der Waals surface area contributed by atoms with Gasteiger partial charge in [-0.1, -0.05) is 0 Å². The Kier molecular flexibility index (Phi) is 2.28. The van der Waals surface area contributed by atoms with E-state index in [0.29, 0.717) is 24.5 Å². The first-order chi connectivity index (χ1) is 5.27. The largest absolute Gasteiger partial charge is 0.385 e. The Morgan fingerprint density at radius 3 is 3.00 bits per heavy atom. The van der Waals surface area contributed by atoms with Gasteiger partial charge in [0.25, 0.3) is 0 Å². The highest BCUT2D eigenvalue weighted by Crippen LogP contribution is 2.05. The second kappa shape index (κ2) is 3.21. The summed E-state index contributed by atoms with van der Waals surface area (Å²) in [5.41, 5.74) is 12.3. The van der Waals surface area contributed by atoms with Crippen LogP contribution in [0.3, 0.4) is 0 Å². The van der Waals surface area contributed by atoms with Crippen molar-refractivity contribution in [3.8, 4) is 0 Å². The molecule has 0 unspecified atom stereocenters. The number of nitrogens with two attached hydrogens (primary N) is 2. The number of aldehydes is 1. The molecule has 0 atom stereocenters. The number of hydrogen-bond donors (Lipinski definition) is 3. The van der Waals surface area contributed by atoms with E-state index in [-0.39, 0.29) is 0 Å². The fraction of sp³-hybridized carbons (Fsp3) is 0.286. The zero-order valence-corrected chi connectivity index (χ0v) is 6.13. The lowest BCUT2D eigenvalue weighted by atomic mass is 10.1. The van der Waals surface area contributed by atoms with Crippen LogP contribution in [-0.2, 0) is 4.79 Å². The third kappa shape index (κ3) is 1.59. The van der Waals surface area contributed by atoms with Crippen molar-refractivity contribution in [1.29, 1.82) is 0 Å². The summed E-state index contributed by atoms with van der Waals surface area (Å²) in [6, 6.07) is 0. The highest BCUT2D eigenvalue weighted by atomic mass is 16.1. The Labute approximate surface area is 64.9 Å². The van der Waals surface area contributed by atoms with Gasteiger partial charge < -0.3 is 16.8 Å². The molecule has 1 heterocycles. The van der Waals surface area contributed by atoms with Crippen molar-refractivity contribution >= 4 is 6.29 Å². The first-order valence-electron chi connectivity index (χ1n) is 3.36. The van der Waals surface area contributed by atoms with Crippen molar-refractivity contribution in [1.82, 2.24) is 5.32 Å². The predicted octanol–water partition coefficient (Wildman–Crippen LogP) is -1.16. The van der Waals surface area contributed by atoms with Gasteiger partial charge in [0.1, 0.15) is 5.82 Å². The van der Waals surface area contributed by atoms with Gasteiger partial charge in [-0.05, 0) is 11.6 Å². The zero-order chi connectivity index (χ0) is 8.27. The molecule has 60 valence electrons. The van der Waals surface area contributed by atoms with Crippen molar-refractivity contribution in [3.05, 3.63) is 23.0 Å². The minimum Gasteiger partial charge on any atom is -0.385 e. The molecule has 0 saturated carbocycles. The zero-order valence-electron chi connectivity index (χ0n) is 6.13. The van der Waals surface area contributed by atoms with Crippen LogP contribution in [0, 0.1) is 0 Å². The van der Waals surface area contributed by atoms with E-state index in [0.717, 1.165) is 11.9 Å². The smallest absolute Gasteiger partial charge is 0.153 e. The monoisotopic (exact) mass is 153 g/mol. The Balaban J connectivity index is 2.86. The first kappa shape index (κ1) is 7.81. The van der Waals surface area contributed by atoms with Crippen LogP contribution in [0.15, 0.2) is 23.0 Å². The minimum atomic E-state index is 0.428. The molecule has 0 radical (unpaired) electrons. The number of rotatable bonds is 2. The standard InChI is InChI=1S/C7H11N3O/c8-2-5-1-6(4-11)7(9)10-3-5/h1,4,10H,2-3,8-9H2. The Morgan fingerprint density at radius 2 is 2.45 bits per heavy atom. The van der Waals surface area contributed by atoms with Crippen molar-refractivity contribution in [2.45, 2.75) is 0 Å². The fourth-order valence-electron chi connectivity index (χ4n) is 0.888. The number of dihydropyridines is 1. The van der Waals surface area contributed by atoms with Crippen LogP contribution >= 0.6 is 0 Å². The van der Waals surface area contributed by atoms with Crippen LogP contribution < -0.4 is 16.8 Å². The molecule has 0 amide bonds. The molecule has 0 fully saturated rings. The van der Waals surface area contributed by atoms with Gasteiger partial charge >= 0.3 is 0 Å². The lowest BCUT2D eigenvalue weighted by Gasteiger charge is -2.15. The summed E-state index contributed by atoms with van der Waals surface area (Å²) < 4.78 is 0. The van der Waals surface area contributed by atoms with E-state index >= 15 is 0 Å². The molecule has 0 aromatic rings. The SMILES string of the molecule is NCC1=CC(C=O)=C(N)NC1. The molecule has 5 N–H and O–H groups in total. The quantitative estimate of drug-likeness (QED) is 0.437. The molecule has 1 aliphatic heterocycles. The van der Waals surface area contributed by atoms with Gasteiger partial charge in [-0.25, -0.2) is 0 Å². The average Bonchev–Trinajstić information content (AvgIpc) is 2.05. The molecular formula is C7H11N3O. The maximum absolute atomic E-state index is 10.4. The summed E-state index contributed by atoms with van der Waals surface area (Å²) in [4.78, 5) is 10.4. The molecule has 4 heteroatoms. The number of nitrogens with one attached hydrogen (secondary N) is 1. The molecule has 0 aromatic carbocycles. The molecule has 11 heavy (non-hydrogen) atoms. The van der Waals surface area contributed by atoms with Gasteiger partial charge in [-0.2, -0.15) is 0 Å². The molecular weight excluding hydrogens is 142 g/mol. The van der Waals surface area contributed by atoms with Crippen molar-refractivity contribution < 1.29 is 4.79 Å². The van der Waals surface area contributed by atoms with Gasteiger partial charge in [0.05, 0.1) is 5.57 Å². The third-order valence-electron chi connectivity index (χ3n) is 1.57. The van der Waals surface area contributed by atoms with E-state index in [4.69, 9.17) is 11.5 Å². The summed E-state index contributed by atoms with van der Waals surface area (Å²) in [5, 5.41) is 2.86. The summed E-state index contributed by atoms with van der Waals surface area (Å²) >= 11 is 0. The number of carbonyl (C=O) groups excluding carboxylic acids is 1. The van der Waals surface area contributed by atoms with E-state index in [1.807, 2.05) is 0 Å². The van der Waals surface area contributed by atoms with Crippen molar-refractivity contribution in [2.24, 2.45) is 11.5 Å². The normalized spacial score (nSPS) is 17.4. The van der Waals surface area contributed by atoms with Crippen LogP contribution in [0.4, 0.5) is 0 Å². The maximum atomic E-state index is 10.4. The van der Waals surface area contributed by atoms with E-state index in [1.54, 1.807) is 6.08 Å². The summed E-state index contributed by atoms with van der Waals surface area (Å²) in [6.45, 7) is 1.09. The Morgan fingerprint density at radius 1 is 1.73 bits per heavy atom. The third-order valence-corrected chi connectivity index (χ3v) is 1.57. The van der Waals surface area contributed by atoms with Crippen LogP contribution in [0.5, 0.6) is 0 Å². The minimum absolute atomic E-state index is 0.428. The fourth-order valence-corrected chi connectivity index (χ4v) is 0.888. The molecule has 1 aliphatic rings. The van der Waals surface area contributed by atoms with Gasteiger partial charge in [0.2, 0.25) is 0 Å². The molecule has 4 nitrogen and oxygen atoms in total. The second-order valence-electron chi connectivity index (χ2n) is 2.35. The highest BCUT2D eigenvalue weighted by Gasteiger charge is 2.07. The van der Waals surface area contributed by atoms with E-state index in [2.05, 4.69) is 5.32 Å². The first-order valence-corrected chi connectivity index (χ1v) is 3.36. The summed E-state index contributed by atoms with van der Waals surface area (Å²) in [6.07, 6.45) is 2.44. The van der Waals surface area contributed by atoms with E-state index in [1.165, 1.54) is 0 Å². The topological polar surface area (TPSA) is 81.1 Å². The number of carbonyl (C=O) groups is 1. The molecule has 0 aromatic heterocycles. The number of allylic oxidation sites excluding steroid dienone is 2. The molecule has 0 saturated heterocycles. The molecule has 0 bridgehead atoms. The van der Waals surface area contributed by atoms with E-state index in [9.17, 15) is 4.79 Å².